The molecule has 30 heavy (non-hydrogen) atoms. The van der Waals surface area contributed by atoms with Gasteiger partial charge in [0.25, 0.3) is 10.0 Å². The minimum Gasteiger partial charge on any atom is -0.493 e. The third kappa shape index (κ3) is 3.83. The number of carboxylic acids is 1. The molecule has 3 N–H and O–H groups in total. The first-order valence-electron chi connectivity index (χ1n) is 8.73. The lowest BCUT2D eigenvalue weighted by Gasteiger charge is -2.20. The van der Waals surface area contributed by atoms with Gasteiger partial charge in [0.2, 0.25) is 11.7 Å². The van der Waals surface area contributed by atoms with Gasteiger partial charge in [0.05, 0.1) is 31.8 Å². The summed E-state index contributed by atoms with van der Waals surface area (Å²) in [6.07, 6.45) is 0.640. The molecule has 0 atom stereocenters. The second-order valence-corrected chi connectivity index (χ2v) is 8.03. The van der Waals surface area contributed by atoms with Crippen molar-refractivity contribution in [2.75, 3.05) is 31.4 Å². The lowest BCUT2D eigenvalue weighted by molar-refractivity contribution is -0.116. The van der Waals surface area contributed by atoms with E-state index in [2.05, 4.69) is 10.0 Å². The SMILES string of the molecule is COc1cc(C(=O)O)c(NS(=O)(=O)c2ccc3c(c2)CCC(=O)N3)c(OC)c1OC. The van der Waals surface area contributed by atoms with Crippen LogP contribution in [-0.4, -0.2) is 46.7 Å². The number of hydrogen-bond acceptors (Lipinski definition) is 7. The molecule has 11 heteroatoms. The van der Waals surface area contributed by atoms with Crippen molar-refractivity contribution in [2.45, 2.75) is 17.7 Å². The molecular formula is C19H20N2O8S. The van der Waals surface area contributed by atoms with Gasteiger partial charge in [-0.2, -0.15) is 0 Å². The van der Waals surface area contributed by atoms with E-state index in [9.17, 15) is 23.1 Å². The highest BCUT2D eigenvalue weighted by molar-refractivity contribution is 7.92. The van der Waals surface area contributed by atoms with Gasteiger partial charge in [-0.05, 0) is 30.2 Å². The predicted octanol–water partition coefficient (Wildman–Crippen LogP) is 2.10. The third-order valence-electron chi connectivity index (χ3n) is 4.58. The van der Waals surface area contributed by atoms with E-state index in [-0.39, 0.29) is 45.7 Å². The molecule has 0 saturated heterocycles. The van der Waals surface area contributed by atoms with Crippen LogP contribution < -0.4 is 24.2 Å². The van der Waals surface area contributed by atoms with Gasteiger partial charge in [0.1, 0.15) is 5.69 Å². The van der Waals surface area contributed by atoms with Crippen LogP contribution in [0.1, 0.15) is 22.3 Å². The summed E-state index contributed by atoms with van der Waals surface area (Å²) >= 11 is 0. The Labute approximate surface area is 172 Å². The number of carbonyl (C=O) groups is 2. The number of hydrogen-bond donors (Lipinski definition) is 3. The predicted molar refractivity (Wildman–Crippen MR) is 107 cm³/mol. The molecule has 0 saturated carbocycles. The minimum atomic E-state index is -4.20. The van der Waals surface area contributed by atoms with Gasteiger partial charge < -0.3 is 24.6 Å². The molecule has 2 aromatic carbocycles. The van der Waals surface area contributed by atoms with E-state index in [0.29, 0.717) is 17.7 Å². The number of benzene rings is 2. The zero-order chi connectivity index (χ0) is 22.1. The monoisotopic (exact) mass is 436 g/mol. The molecule has 0 fully saturated rings. The second-order valence-electron chi connectivity index (χ2n) is 6.35. The van der Waals surface area contributed by atoms with Gasteiger partial charge in [-0.3, -0.25) is 9.52 Å². The Morgan fingerprint density at radius 3 is 2.37 bits per heavy atom. The Morgan fingerprint density at radius 1 is 1.07 bits per heavy atom. The summed E-state index contributed by atoms with van der Waals surface area (Å²) in [5, 5.41) is 12.3. The lowest BCUT2D eigenvalue weighted by Crippen LogP contribution is -2.21. The van der Waals surface area contributed by atoms with Crippen molar-refractivity contribution in [2.24, 2.45) is 0 Å². The van der Waals surface area contributed by atoms with E-state index in [0.717, 1.165) is 6.07 Å². The summed E-state index contributed by atoms with van der Waals surface area (Å²) in [4.78, 5) is 23.2. The highest BCUT2D eigenvalue weighted by Crippen LogP contribution is 2.46. The van der Waals surface area contributed by atoms with Gasteiger partial charge in [-0.15, -0.1) is 0 Å². The molecule has 0 bridgehead atoms. The maximum absolute atomic E-state index is 13.0. The zero-order valence-electron chi connectivity index (χ0n) is 16.4. The van der Waals surface area contributed by atoms with Gasteiger partial charge >= 0.3 is 5.97 Å². The molecule has 0 unspecified atom stereocenters. The van der Waals surface area contributed by atoms with Crippen LogP contribution in [0.3, 0.4) is 0 Å². The largest absolute Gasteiger partial charge is 0.493 e. The average Bonchev–Trinajstić information content (AvgIpc) is 2.72. The number of carboxylic acid groups (broad SMARTS) is 1. The van der Waals surface area contributed by atoms with Gasteiger partial charge in [-0.25, -0.2) is 13.2 Å². The summed E-state index contributed by atoms with van der Waals surface area (Å²) in [6.45, 7) is 0. The molecule has 1 amide bonds. The number of nitrogens with one attached hydrogen (secondary N) is 2. The molecule has 10 nitrogen and oxygen atoms in total. The Kier molecular flexibility index (Phi) is 5.74. The Morgan fingerprint density at radius 2 is 1.77 bits per heavy atom. The number of sulfonamides is 1. The second kappa shape index (κ2) is 8.11. The van der Waals surface area contributed by atoms with E-state index in [4.69, 9.17) is 14.2 Å². The molecule has 1 aliphatic rings. The first-order valence-corrected chi connectivity index (χ1v) is 10.2. The first-order chi connectivity index (χ1) is 14.2. The lowest BCUT2D eigenvalue weighted by atomic mass is 10.0. The van der Waals surface area contributed by atoms with E-state index in [1.165, 1.54) is 39.5 Å². The van der Waals surface area contributed by atoms with Crippen molar-refractivity contribution in [1.29, 1.82) is 0 Å². The van der Waals surface area contributed by atoms with Crippen molar-refractivity contribution >= 4 is 33.3 Å². The molecule has 3 rings (SSSR count). The van der Waals surface area contributed by atoms with Crippen molar-refractivity contribution in [1.82, 2.24) is 0 Å². The van der Waals surface area contributed by atoms with E-state index in [1.807, 2.05) is 0 Å². The number of ether oxygens (including phenoxy) is 3. The van der Waals surface area contributed by atoms with Gasteiger partial charge in [-0.1, -0.05) is 0 Å². The van der Waals surface area contributed by atoms with Crippen LogP contribution in [0.25, 0.3) is 0 Å². The minimum absolute atomic E-state index is 0.0378. The quantitative estimate of drug-likeness (QED) is 0.599. The summed E-state index contributed by atoms with van der Waals surface area (Å²) in [7, 11) is -0.309. The number of amides is 1. The fraction of sp³-hybridized carbons (Fsp3) is 0.263. The number of aromatic carboxylic acids is 1. The number of methoxy groups -OCH3 is 3. The normalized spacial score (nSPS) is 13.1. The van der Waals surface area contributed by atoms with E-state index in [1.54, 1.807) is 0 Å². The van der Waals surface area contributed by atoms with Crippen molar-refractivity contribution in [3.8, 4) is 17.2 Å². The van der Waals surface area contributed by atoms with E-state index >= 15 is 0 Å². The Balaban J connectivity index is 2.10. The number of carbonyl (C=O) groups excluding carboxylic acids is 1. The molecule has 0 radical (unpaired) electrons. The highest BCUT2D eigenvalue weighted by atomic mass is 32.2. The standard InChI is InChI=1S/C19H20N2O8S/c1-27-14-9-12(19(23)24)16(18(29-3)17(14)28-2)21-30(25,26)11-5-6-13-10(8-11)4-7-15(22)20-13/h5-6,8-9,21H,4,7H2,1-3H3,(H,20,22)(H,23,24). The van der Waals surface area contributed by atoms with Crippen LogP contribution in [0.5, 0.6) is 17.2 Å². The summed E-state index contributed by atoms with van der Waals surface area (Å²) in [5.74, 6) is -1.56. The molecular weight excluding hydrogens is 416 g/mol. The van der Waals surface area contributed by atoms with Gasteiger partial charge in [0, 0.05) is 18.2 Å². The first kappa shape index (κ1) is 21.2. The van der Waals surface area contributed by atoms with Gasteiger partial charge in [0.15, 0.2) is 11.5 Å². The third-order valence-corrected chi connectivity index (χ3v) is 5.93. The molecule has 0 spiro atoms. The number of anilines is 2. The summed E-state index contributed by atoms with van der Waals surface area (Å²) in [5.41, 5.74) is 0.530. The van der Waals surface area contributed by atoms with Crippen LogP contribution in [-0.2, 0) is 21.2 Å². The molecule has 1 aliphatic heterocycles. The number of aryl methyl sites for hydroxylation is 1. The average molecular weight is 436 g/mol. The maximum atomic E-state index is 13.0. The van der Waals surface area contributed by atoms with Crippen molar-refractivity contribution in [3.63, 3.8) is 0 Å². The molecule has 0 aromatic heterocycles. The van der Waals surface area contributed by atoms with Crippen LogP contribution in [0.15, 0.2) is 29.2 Å². The Bertz CT molecular complexity index is 1130. The molecule has 2 aromatic rings. The smallest absolute Gasteiger partial charge is 0.338 e. The topological polar surface area (TPSA) is 140 Å². The Hall–Kier alpha value is -3.47. The summed E-state index contributed by atoms with van der Waals surface area (Å²) < 4.78 is 43.9. The van der Waals surface area contributed by atoms with Crippen molar-refractivity contribution < 1.29 is 37.3 Å². The number of rotatable bonds is 7. The zero-order valence-corrected chi connectivity index (χ0v) is 17.3. The van der Waals surface area contributed by atoms with Crippen LogP contribution in [0.4, 0.5) is 11.4 Å². The van der Waals surface area contributed by atoms with Crippen LogP contribution in [0, 0.1) is 0 Å². The van der Waals surface area contributed by atoms with E-state index < -0.39 is 16.0 Å². The fourth-order valence-electron chi connectivity index (χ4n) is 3.15. The molecule has 0 aliphatic carbocycles. The molecule has 160 valence electrons. The maximum Gasteiger partial charge on any atom is 0.338 e. The fourth-order valence-corrected chi connectivity index (χ4v) is 4.28. The summed E-state index contributed by atoms with van der Waals surface area (Å²) in [6, 6.07) is 5.39. The highest BCUT2D eigenvalue weighted by Gasteiger charge is 2.28. The van der Waals surface area contributed by atoms with Crippen LogP contribution >= 0.6 is 0 Å². The van der Waals surface area contributed by atoms with Crippen LogP contribution in [0.2, 0.25) is 0 Å². The molecule has 1 heterocycles. The number of fused-ring (bicyclic) bond motifs is 1. The van der Waals surface area contributed by atoms with Crippen molar-refractivity contribution in [3.05, 3.63) is 35.4 Å².